The van der Waals surface area contributed by atoms with E-state index in [1.807, 2.05) is 0 Å². The second kappa shape index (κ2) is 8.05. The summed E-state index contributed by atoms with van der Waals surface area (Å²) in [7, 11) is 0. The molecular formula is C41H28. The van der Waals surface area contributed by atoms with Crippen molar-refractivity contribution < 1.29 is 0 Å². The number of hydrogen-bond donors (Lipinski definition) is 0. The van der Waals surface area contributed by atoms with E-state index in [9.17, 15) is 0 Å². The first kappa shape index (κ1) is 22.8. The molecule has 9 rings (SSSR count). The molecule has 192 valence electrons. The highest BCUT2D eigenvalue weighted by Gasteiger charge is 2.38. The maximum Gasteiger partial charge on any atom is 0.0165 e. The van der Waals surface area contributed by atoms with E-state index in [1.165, 1.54) is 87.6 Å². The van der Waals surface area contributed by atoms with Gasteiger partial charge in [0, 0.05) is 5.41 Å². The average Bonchev–Trinajstić information content (AvgIpc) is 3.27. The van der Waals surface area contributed by atoms with Crippen LogP contribution in [-0.2, 0) is 5.41 Å². The van der Waals surface area contributed by atoms with E-state index in [4.69, 9.17) is 0 Å². The lowest BCUT2D eigenvalue weighted by atomic mass is 9.78. The number of hydrogen-bond acceptors (Lipinski definition) is 0. The molecule has 0 aromatic heterocycles. The molecule has 0 saturated heterocycles. The van der Waals surface area contributed by atoms with Crippen LogP contribution in [0.5, 0.6) is 0 Å². The van der Waals surface area contributed by atoms with Gasteiger partial charge in [0.25, 0.3) is 0 Å². The molecule has 8 aromatic carbocycles. The Morgan fingerprint density at radius 2 is 1.10 bits per heavy atom. The summed E-state index contributed by atoms with van der Waals surface area (Å²) >= 11 is 0. The second-order valence-electron chi connectivity index (χ2n) is 12.1. The van der Waals surface area contributed by atoms with Crippen LogP contribution in [0.3, 0.4) is 0 Å². The molecule has 0 amide bonds. The molecule has 0 spiro atoms. The van der Waals surface area contributed by atoms with Gasteiger partial charge in [-0.1, -0.05) is 135 Å². The van der Waals surface area contributed by atoms with Crippen LogP contribution in [0.15, 0.2) is 133 Å². The van der Waals surface area contributed by atoms with Crippen LogP contribution in [0.4, 0.5) is 0 Å². The zero-order chi connectivity index (χ0) is 27.3. The lowest BCUT2D eigenvalue weighted by Crippen LogP contribution is -2.15. The van der Waals surface area contributed by atoms with Gasteiger partial charge < -0.3 is 0 Å². The molecule has 0 N–H and O–H groups in total. The Bertz CT molecular complexity index is 2300. The van der Waals surface area contributed by atoms with Gasteiger partial charge in [-0.2, -0.15) is 0 Å². The molecule has 0 heterocycles. The summed E-state index contributed by atoms with van der Waals surface area (Å²) in [6.07, 6.45) is 0. The molecule has 1 aliphatic rings. The summed E-state index contributed by atoms with van der Waals surface area (Å²) in [6, 6.07) is 49.8. The van der Waals surface area contributed by atoms with Gasteiger partial charge in [-0.3, -0.25) is 0 Å². The van der Waals surface area contributed by atoms with Gasteiger partial charge in [0.15, 0.2) is 0 Å². The van der Waals surface area contributed by atoms with Crippen LogP contribution in [0.25, 0.3) is 76.5 Å². The summed E-state index contributed by atoms with van der Waals surface area (Å²) in [4.78, 5) is 0. The minimum atomic E-state index is -0.101. The predicted molar refractivity (Wildman–Crippen MR) is 176 cm³/mol. The zero-order valence-electron chi connectivity index (χ0n) is 23.2. The Morgan fingerprint density at radius 1 is 0.415 bits per heavy atom. The van der Waals surface area contributed by atoms with E-state index in [2.05, 4.69) is 147 Å². The lowest BCUT2D eigenvalue weighted by molar-refractivity contribution is 0.666. The normalized spacial score (nSPS) is 13.8. The molecule has 0 saturated carbocycles. The van der Waals surface area contributed by atoms with Gasteiger partial charge >= 0.3 is 0 Å². The van der Waals surface area contributed by atoms with Crippen LogP contribution >= 0.6 is 0 Å². The molecule has 8 aromatic rings. The quantitative estimate of drug-likeness (QED) is 0.199. The Balaban J connectivity index is 1.37. The SMILES string of the molecule is CC1(C)c2ccccc2-c2c(-c3ccccc3)cc3ccc(-c4ccc5ccc6cccc7ccc4c5c67)cc3c21. The summed E-state index contributed by atoms with van der Waals surface area (Å²) in [6.45, 7) is 4.80. The third kappa shape index (κ3) is 3.05. The van der Waals surface area contributed by atoms with Gasteiger partial charge in [0.05, 0.1) is 0 Å². The van der Waals surface area contributed by atoms with Gasteiger partial charge in [-0.05, 0) is 99.7 Å². The maximum absolute atomic E-state index is 2.46. The van der Waals surface area contributed by atoms with E-state index in [0.29, 0.717) is 0 Å². The molecule has 1 aliphatic carbocycles. The van der Waals surface area contributed by atoms with E-state index in [-0.39, 0.29) is 5.41 Å². The van der Waals surface area contributed by atoms with Crippen molar-refractivity contribution in [3.05, 3.63) is 145 Å². The van der Waals surface area contributed by atoms with E-state index in [1.54, 1.807) is 0 Å². The van der Waals surface area contributed by atoms with Crippen LogP contribution in [-0.4, -0.2) is 0 Å². The number of benzene rings is 8. The fourth-order valence-corrected chi connectivity index (χ4v) is 7.71. The molecule has 0 bridgehead atoms. The van der Waals surface area contributed by atoms with Gasteiger partial charge in [0.1, 0.15) is 0 Å². The van der Waals surface area contributed by atoms with Crippen LogP contribution in [0, 0.1) is 0 Å². The molecular weight excluding hydrogens is 492 g/mol. The minimum absolute atomic E-state index is 0.101. The monoisotopic (exact) mass is 520 g/mol. The Morgan fingerprint density at radius 3 is 1.93 bits per heavy atom. The van der Waals surface area contributed by atoms with E-state index in [0.717, 1.165) is 0 Å². The Labute approximate surface area is 239 Å². The third-order valence-corrected chi connectivity index (χ3v) is 9.56. The molecule has 0 atom stereocenters. The van der Waals surface area contributed by atoms with Crippen molar-refractivity contribution in [1.29, 1.82) is 0 Å². The van der Waals surface area contributed by atoms with Crippen molar-refractivity contribution in [1.82, 2.24) is 0 Å². The Kier molecular flexibility index (Phi) is 4.49. The molecule has 0 radical (unpaired) electrons. The van der Waals surface area contributed by atoms with Crippen LogP contribution in [0.1, 0.15) is 25.0 Å². The van der Waals surface area contributed by atoms with E-state index < -0.39 is 0 Å². The molecule has 0 heteroatoms. The Hall–Kier alpha value is -4.94. The van der Waals surface area contributed by atoms with Gasteiger partial charge in [0.2, 0.25) is 0 Å². The minimum Gasteiger partial charge on any atom is -0.0622 e. The highest BCUT2D eigenvalue weighted by Crippen LogP contribution is 2.55. The largest absolute Gasteiger partial charge is 0.0622 e. The fraction of sp³-hybridized carbons (Fsp3) is 0.0732. The highest BCUT2D eigenvalue weighted by molar-refractivity contribution is 6.25. The van der Waals surface area contributed by atoms with Gasteiger partial charge in [-0.15, -0.1) is 0 Å². The molecule has 0 unspecified atom stereocenters. The van der Waals surface area contributed by atoms with Crippen molar-refractivity contribution in [2.45, 2.75) is 19.3 Å². The van der Waals surface area contributed by atoms with Crippen LogP contribution in [0.2, 0.25) is 0 Å². The van der Waals surface area contributed by atoms with Crippen LogP contribution < -0.4 is 0 Å². The molecule has 0 aliphatic heterocycles. The summed E-state index contributed by atoms with van der Waals surface area (Å²) in [5.74, 6) is 0. The summed E-state index contributed by atoms with van der Waals surface area (Å²) in [5, 5.41) is 10.6. The van der Waals surface area contributed by atoms with Crippen molar-refractivity contribution in [2.24, 2.45) is 0 Å². The second-order valence-corrected chi connectivity index (χ2v) is 12.1. The summed E-state index contributed by atoms with van der Waals surface area (Å²) in [5.41, 5.74) is 10.7. The summed E-state index contributed by atoms with van der Waals surface area (Å²) < 4.78 is 0. The topological polar surface area (TPSA) is 0 Å². The predicted octanol–water partition coefficient (Wildman–Crippen LogP) is 11.4. The van der Waals surface area contributed by atoms with E-state index >= 15 is 0 Å². The van der Waals surface area contributed by atoms with Crippen molar-refractivity contribution >= 4 is 43.1 Å². The first-order valence-electron chi connectivity index (χ1n) is 14.5. The van der Waals surface area contributed by atoms with Gasteiger partial charge in [-0.25, -0.2) is 0 Å². The number of fused-ring (bicyclic) bond motifs is 5. The van der Waals surface area contributed by atoms with Crippen molar-refractivity contribution in [2.75, 3.05) is 0 Å². The molecule has 0 nitrogen and oxygen atoms in total. The lowest BCUT2D eigenvalue weighted by Gasteiger charge is -2.24. The smallest absolute Gasteiger partial charge is 0.0165 e. The average molecular weight is 521 g/mol. The number of rotatable bonds is 2. The third-order valence-electron chi connectivity index (χ3n) is 9.56. The first-order valence-corrected chi connectivity index (χ1v) is 14.5. The van der Waals surface area contributed by atoms with Crippen molar-refractivity contribution in [3.63, 3.8) is 0 Å². The molecule has 0 fully saturated rings. The maximum atomic E-state index is 2.46. The van der Waals surface area contributed by atoms with Crippen molar-refractivity contribution in [3.8, 4) is 33.4 Å². The first-order chi connectivity index (χ1) is 20.1. The standard InChI is InChI=1S/C41H28/c1-41(2)36-14-7-6-13-33(36)39-34(25-9-4-3-5-10-25)23-30-18-17-29(24-35(30)40(39)41)31-21-19-28-16-15-26-11-8-12-27-20-22-32(31)38(28)37(26)27/h3-24H,1-2H3. The fourth-order valence-electron chi connectivity index (χ4n) is 7.71. The highest BCUT2D eigenvalue weighted by atomic mass is 14.4. The zero-order valence-corrected chi connectivity index (χ0v) is 23.2. The molecule has 41 heavy (non-hydrogen) atoms.